The molecule has 114 valence electrons. The second kappa shape index (κ2) is 6.49. The number of nitrogens with zero attached hydrogens (tertiary/aromatic N) is 1. The normalized spacial score (nSPS) is 10.8. The minimum absolute atomic E-state index is 0.684. The molecule has 0 radical (unpaired) electrons. The van der Waals surface area contributed by atoms with Gasteiger partial charge in [0.05, 0.1) is 31.8 Å². The number of fused-ring (bicyclic) bond motifs is 1. The van der Waals surface area contributed by atoms with Crippen molar-refractivity contribution in [3.8, 4) is 11.5 Å². The van der Waals surface area contributed by atoms with Gasteiger partial charge in [-0.3, -0.25) is 0 Å². The van der Waals surface area contributed by atoms with E-state index < -0.39 is 0 Å². The summed E-state index contributed by atoms with van der Waals surface area (Å²) >= 11 is 0. The Kier molecular flexibility index (Phi) is 4.25. The largest absolute Gasteiger partial charge is 0.493 e. The molecule has 5 nitrogen and oxygen atoms in total. The number of ether oxygens (including phenoxy) is 2. The van der Waals surface area contributed by atoms with E-state index in [1.807, 2.05) is 42.5 Å². The van der Waals surface area contributed by atoms with Crippen LogP contribution in [-0.2, 0) is 13.1 Å². The zero-order chi connectivity index (χ0) is 15.4. The Morgan fingerprint density at radius 2 is 1.82 bits per heavy atom. The molecule has 0 spiro atoms. The van der Waals surface area contributed by atoms with Gasteiger partial charge in [0.25, 0.3) is 0 Å². The quantitative estimate of drug-likeness (QED) is 0.734. The SMILES string of the molecule is COc1ccc(CNCc2nc3ccccc3[nH]2)cc1OC. The third-order valence-electron chi connectivity index (χ3n) is 3.51. The molecule has 1 aromatic heterocycles. The van der Waals surface area contributed by atoms with Crippen LogP contribution in [-0.4, -0.2) is 24.2 Å². The van der Waals surface area contributed by atoms with Crippen LogP contribution in [0.4, 0.5) is 0 Å². The van der Waals surface area contributed by atoms with Gasteiger partial charge in [-0.2, -0.15) is 0 Å². The fourth-order valence-electron chi connectivity index (χ4n) is 2.41. The van der Waals surface area contributed by atoms with E-state index in [9.17, 15) is 0 Å². The monoisotopic (exact) mass is 297 g/mol. The summed E-state index contributed by atoms with van der Waals surface area (Å²) in [6, 6.07) is 13.9. The van der Waals surface area contributed by atoms with Crippen LogP contribution in [0.3, 0.4) is 0 Å². The standard InChI is InChI=1S/C17H19N3O2/c1-21-15-8-7-12(9-16(15)22-2)10-18-11-17-19-13-5-3-4-6-14(13)20-17/h3-9,18H,10-11H2,1-2H3,(H,19,20). The van der Waals surface area contributed by atoms with E-state index in [2.05, 4.69) is 15.3 Å². The fraction of sp³-hybridized carbons (Fsp3) is 0.235. The lowest BCUT2D eigenvalue weighted by Gasteiger charge is -2.09. The Balaban J connectivity index is 1.63. The summed E-state index contributed by atoms with van der Waals surface area (Å²) in [7, 11) is 3.28. The predicted octanol–water partition coefficient (Wildman–Crippen LogP) is 2.87. The number of H-pyrrole nitrogens is 1. The first-order valence-corrected chi connectivity index (χ1v) is 7.15. The van der Waals surface area contributed by atoms with Gasteiger partial charge in [-0.05, 0) is 29.8 Å². The molecule has 0 aliphatic rings. The zero-order valence-corrected chi connectivity index (χ0v) is 12.7. The highest BCUT2D eigenvalue weighted by Gasteiger charge is 2.05. The van der Waals surface area contributed by atoms with Crippen LogP contribution < -0.4 is 14.8 Å². The molecular formula is C17H19N3O2. The number of benzene rings is 2. The third-order valence-corrected chi connectivity index (χ3v) is 3.51. The Morgan fingerprint density at radius 1 is 1.00 bits per heavy atom. The van der Waals surface area contributed by atoms with Gasteiger partial charge in [-0.15, -0.1) is 0 Å². The molecule has 22 heavy (non-hydrogen) atoms. The Bertz CT molecular complexity index is 734. The second-order valence-electron chi connectivity index (χ2n) is 4.99. The number of nitrogens with one attached hydrogen (secondary N) is 2. The van der Waals surface area contributed by atoms with E-state index in [0.717, 1.165) is 40.5 Å². The molecule has 0 bridgehead atoms. The van der Waals surface area contributed by atoms with E-state index in [-0.39, 0.29) is 0 Å². The average Bonchev–Trinajstić information content (AvgIpc) is 2.97. The van der Waals surface area contributed by atoms with Crippen LogP contribution in [0.2, 0.25) is 0 Å². The zero-order valence-electron chi connectivity index (χ0n) is 12.7. The molecule has 0 saturated heterocycles. The van der Waals surface area contributed by atoms with Crippen molar-refractivity contribution < 1.29 is 9.47 Å². The van der Waals surface area contributed by atoms with Crippen molar-refractivity contribution in [1.82, 2.24) is 15.3 Å². The van der Waals surface area contributed by atoms with Gasteiger partial charge < -0.3 is 19.8 Å². The first-order chi connectivity index (χ1) is 10.8. The van der Waals surface area contributed by atoms with Crippen LogP contribution in [0.25, 0.3) is 11.0 Å². The van der Waals surface area contributed by atoms with Crippen molar-refractivity contribution in [3.63, 3.8) is 0 Å². The van der Waals surface area contributed by atoms with Crippen molar-refractivity contribution >= 4 is 11.0 Å². The minimum atomic E-state index is 0.684. The summed E-state index contributed by atoms with van der Waals surface area (Å²) < 4.78 is 10.5. The number of hydrogen-bond donors (Lipinski definition) is 2. The van der Waals surface area contributed by atoms with Gasteiger partial charge in [-0.25, -0.2) is 4.98 Å². The van der Waals surface area contributed by atoms with Crippen LogP contribution >= 0.6 is 0 Å². The molecule has 1 heterocycles. The molecule has 0 fully saturated rings. The molecule has 0 amide bonds. The first-order valence-electron chi connectivity index (χ1n) is 7.15. The van der Waals surface area contributed by atoms with E-state index in [0.29, 0.717) is 6.54 Å². The number of aromatic nitrogens is 2. The van der Waals surface area contributed by atoms with E-state index in [1.165, 1.54) is 0 Å². The van der Waals surface area contributed by atoms with Gasteiger partial charge in [0.2, 0.25) is 0 Å². The Hall–Kier alpha value is -2.53. The summed E-state index contributed by atoms with van der Waals surface area (Å²) in [5.41, 5.74) is 3.18. The van der Waals surface area contributed by atoms with E-state index >= 15 is 0 Å². The number of aromatic amines is 1. The van der Waals surface area contributed by atoms with Crippen LogP contribution in [0.15, 0.2) is 42.5 Å². The summed E-state index contributed by atoms with van der Waals surface area (Å²) in [6.45, 7) is 1.42. The maximum Gasteiger partial charge on any atom is 0.161 e. The molecule has 0 aliphatic carbocycles. The van der Waals surface area contributed by atoms with Crippen molar-refractivity contribution in [1.29, 1.82) is 0 Å². The number of para-hydroxylation sites is 2. The molecule has 3 aromatic rings. The highest BCUT2D eigenvalue weighted by Crippen LogP contribution is 2.27. The molecule has 2 N–H and O–H groups in total. The van der Waals surface area contributed by atoms with Gasteiger partial charge in [-0.1, -0.05) is 18.2 Å². The lowest BCUT2D eigenvalue weighted by atomic mass is 10.2. The molecule has 0 saturated carbocycles. The Morgan fingerprint density at radius 3 is 2.59 bits per heavy atom. The molecule has 0 atom stereocenters. The molecule has 3 rings (SSSR count). The van der Waals surface area contributed by atoms with Crippen LogP contribution in [0, 0.1) is 0 Å². The van der Waals surface area contributed by atoms with Crippen LogP contribution in [0.1, 0.15) is 11.4 Å². The predicted molar refractivity (Wildman–Crippen MR) is 86.2 cm³/mol. The molecule has 0 unspecified atom stereocenters. The summed E-state index contributed by atoms with van der Waals surface area (Å²) in [4.78, 5) is 7.85. The maximum atomic E-state index is 5.31. The number of hydrogen-bond acceptors (Lipinski definition) is 4. The second-order valence-corrected chi connectivity index (χ2v) is 4.99. The number of imidazole rings is 1. The molecular weight excluding hydrogens is 278 g/mol. The van der Waals surface area contributed by atoms with E-state index in [4.69, 9.17) is 9.47 Å². The highest BCUT2D eigenvalue weighted by atomic mass is 16.5. The van der Waals surface area contributed by atoms with E-state index in [1.54, 1.807) is 14.2 Å². The van der Waals surface area contributed by atoms with Gasteiger partial charge >= 0.3 is 0 Å². The first kappa shape index (κ1) is 14.4. The average molecular weight is 297 g/mol. The van der Waals surface area contributed by atoms with Crippen molar-refractivity contribution in [2.75, 3.05) is 14.2 Å². The third kappa shape index (κ3) is 3.04. The van der Waals surface area contributed by atoms with Gasteiger partial charge in [0.1, 0.15) is 5.82 Å². The topological polar surface area (TPSA) is 59.2 Å². The minimum Gasteiger partial charge on any atom is -0.493 e. The van der Waals surface area contributed by atoms with Crippen LogP contribution in [0.5, 0.6) is 11.5 Å². The lowest BCUT2D eigenvalue weighted by molar-refractivity contribution is 0.354. The lowest BCUT2D eigenvalue weighted by Crippen LogP contribution is -2.13. The van der Waals surface area contributed by atoms with Crippen molar-refractivity contribution in [3.05, 3.63) is 53.9 Å². The van der Waals surface area contributed by atoms with Crippen molar-refractivity contribution in [2.45, 2.75) is 13.1 Å². The maximum absolute atomic E-state index is 5.31. The molecule has 5 heteroatoms. The molecule has 0 aliphatic heterocycles. The van der Waals surface area contributed by atoms with Gasteiger partial charge in [0, 0.05) is 6.54 Å². The van der Waals surface area contributed by atoms with Crippen molar-refractivity contribution in [2.24, 2.45) is 0 Å². The smallest absolute Gasteiger partial charge is 0.161 e. The summed E-state index contributed by atoms with van der Waals surface area (Å²) in [5, 5.41) is 3.38. The Labute approximate surface area is 129 Å². The summed E-state index contributed by atoms with van der Waals surface area (Å²) in [6.07, 6.45) is 0. The fourth-order valence-corrected chi connectivity index (χ4v) is 2.41. The highest BCUT2D eigenvalue weighted by molar-refractivity contribution is 5.74. The number of rotatable bonds is 6. The molecule has 2 aromatic carbocycles. The van der Waals surface area contributed by atoms with Gasteiger partial charge in [0.15, 0.2) is 11.5 Å². The summed E-state index contributed by atoms with van der Waals surface area (Å²) in [5.74, 6) is 2.41. The number of methoxy groups -OCH3 is 2.